The fourth-order valence-corrected chi connectivity index (χ4v) is 2.42. The van der Waals surface area contributed by atoms with Crippen molar-refractivity contribution in [1.82, 2.24) is 5.32 Å². The van der Waals surface area contributed by atoms with E-state index in [1.807, 2.05) is 13.8 Å². The molecular weight excluding hydrogens is 316 g/mol. The van der Waals surface area contributed by atoms with Crippen molar-refractivity contribution in [3.05, 3.63) is 45.5 Å². The summed E-state index contributed by atoms with van der Waals surface area (Å²) in [5.74, 6) is -1.06. The Morgan fingerprint density at radius 3 is 2.67 bits per heavy atom. The highest BCUT2D eigenvalue weighted by molar-refractivity contribution is 5.94. The summed E-state index contributed by atoms with van der Waals surface area (Å²) in [6, 6.07) is 6.32. The number of benzene rings is 1. The van der Waals surface area contributed by atoms with Gasteiger partial charge in [-0.05, 0) is 36.0 Å². The van der Waals surface area contributed by atoms with Crippen LogP contribution in [0.5, 0.6) is 0 Å². The number of amides is 1. The fourth-order valence-electron chi connectivity index (χ4n) is 2.42. The molecule has 0 saturated heterocycles. The molecule has 0 bridgehead atoms. The summed E-state index contributed by atoms with van der Waals surface area (Å²) in [6.45, 7) is 4.02. The molecule has 8 heteroatoms. The summed E-state index contributed by atoms with van der Waals surface area (Å²) in [5, 5.41) is 21.0. The van der Waals surface area contributed by atoms with Gasteiger partial charge >= 0.3 is 5.97 Å². The van der Waals surface area contributed by atoms with E-state index in [-0.39, 0.29) is 31.4 Å². The van der Waals surface area contributed by atoms with E-state index in [0.717, 1.165) is 0 Å². The molecule has 1 rings (SSSR count). The summed E-state index contributed by atoms with van der Waals surface area (Å²) in [4.78, 5) is 37.5. The van der Waals surface area contributed by atoms with Gasteiger partial charge in [0.25, 0.3) is 11.0 Å². The Kier molecular flexibility index (Phi) is 7.67. The molecule has 0 aliphatic heterocycles. The predicted molar refractivity (Wildman–Crippen MR) is 85.8 cm³/mol. The number of hydrogen-bond donors (Lipinski definition) is 2. The number of carboxylic acids is 1. The van der Waals surface area contributed by atoms with Crippen LogP contribution < -0.4 is 5.32 Å². The van der Waals surface area contributed by atoms with Crippen LogP contribution in [-0.4, -0.2) is 28.6 Å². The molecule has 0 unspecified atom stereocenters. The molecule has 1 amide bonds. The van der Waals surface area contributed by atoms with Crippen molar-refractivity contribution in [3.8, 4) is 0 Å². The lowest BCUT2D eigenvalue weighted by Crippen LogP contribution is -2.31. The summed E-state index contributed by atoms with van der Waals surface area (Å²) < 4.78 is 0. The maximum atomic E-state index is 12.2. The third-order valence-electron chi connectivity index (χ3n) is 3.35. The number of nitrogens with zero attached hydrogens (tertiary/aromatic N) is 1. The molecule has 0 radical (unpaired) electrons. The second-order valence-electron chi connectivity index (χ2n) is 6.00. The van der Waals surface area contributed by atoms with Crippen LogP contribution in [0, 0.1) is 22.0 Å². The van der Waals surface area contributed by atoms with Crippen molar-refractivity contribution in [2.75, 3.05) is 6.54 Å². The van der Waals surface area contributed by atoms with Crippen LogP contribution in [0.25, 0.3) is 0 Å². The van der Waals surface area contributed by atoms with Crippen molar-refractivity contribution >= 4 is 11.9 Å². The summed E-state index contributed by atoms with van der Waals surface area (Å²) in [5.41, 5.74) is 0.849. The van der Waals surface area contributed by atoms with Crippen LogP contribution in [0.1, 0.15) is 42.6 Å². The highest BCUT2D eigenvalue weighted by Crippen LogP contribution is 2.15. The topological polar surface area (TPSA) is 119 Å². The number of nitrogens with one attached hydrogen (secondary N) is 1. The molecule has 0 spiro atoms. The largest absolute Gasteiger partial charge is 0.481 e. The fraction of sp³-hybridized carbons (Fsp3) is 0.500. The zero-order valence-electron chi connectivity index (χ0n) is 13.7. The lowest BCUT2D eigenvalue weighted by Gasteiger charge is -2.18. The van der Waals surface area contributed by atoms with Crippen LogP contribution in [0.3, 0.4) is 0 Å². The zero-order chi connectivity index (χ0) is 18.1. The van der Waals surface area contributed by atoms with Gasteiger partial charge in [0.15, 0.2) is 0 Å². The van der Waals surface area contributed by atoms with E-state index in [1.165, 1.54) is 6.07 Å². The van der Waals surface area contributed by atoms with Crippen LogP contribution >= 0.6 is 0 Å². The molecule has 0 aliphatic rings. The third-order valence-corrected chi connectivity index (χ3v) is 3.35. The smallest absolute Gasteiger partial charge is 0.303 e. The van der Waals surface area contributed by atoms with E-state index in [9.17, 15) is 19.7 Å². The SMILES string of the molecule is CC(C)C[C@H](CNC(=O)c1cccc(CO[N+](=O)[O-])c1)CC(=O)O. The number of carbonyl (C=O) groups excluding carboxylic acids is 1. The summed E-state index contributed by atoms with van der Waals surface area (Å²) >= 11 is 0. The number of hydrogen-bond acceptors (Lipinski definition) is 5. The molecule has 8 nitrogen and oxygen atoms in total. The van der Waals surface area contributed by atoms with E-state index in [4.69, 9.17) is 5.11 Å². The molecule has 0 heterocycles. The first-order chi connectivity index (χ1) is 11.3. The van der Waals surface area contributed by atoms with Crippen LogP contribution in [0.4, 0.5) is 0 Å². The Labute approximate surface area is 139 Å². The van der Waals surface area contributed by atoms with Gasteiger partial charge in [0, 0.05) is 18.5 Å². The van der Waals surface area contributed by atoms with Crippen molar-refractivity contribution < 1.29 is 24.6 Å². The first-order valence-corrected chi connectivity index (χ1v) is 7.64. The van der Waals surface area contributed by atoms with Gasteiger partial charge in [0.05, 0.1) is 0 Å². The van der Waals surface area contributed by atoms with Gasteiger partial charge in [-0.3, -0.25) is 9.59 Å². The minimum atomic E-state index is -0.895. The first-order valence-electron chi connectivity index (χ1n) is 7.64. The Hall–Kier alpha value is -2.64. The summed E-state index contributed by atoms with van der Waals surface area (Å²) in [7, 11) is 0. The molecule has 0 saturated carbocycles. The average Bonchev–Trinajstić information content (AvgIpc) is 2.49. The standard InChI is InChI=1S/C16H22N2O6/c1-11(2)6-13(8-15(19)20)9-17-16(21)14-5-3-4-12(7-14)10-24-18(22)23/h3-5,7,11,13H,6,8-10H2,1-2H3,(H,17,21)(H,19,20)/t13-/m0/s1. The minimum absolute atomic E-state index is 0.00479. The Balaban J connectivity index is 2.63. The Morgan fingerprint density at radius 1 is 1.38 bits per heavy atom. The van der Waals surface area contributed by atoms with Crippen molar-refractivity contribution in [2.45, 2.75) is 33.3 Å². The van der Waals surface area contributed by atoms with E-state index in [0.29, 0.717) is 23.5 Å². The third kappa shape index (κ3) is 7.57. The number of carboxylic acid groups (broad SMARTS) is 1. The highest BCUT2D eigenvalue weighted by Gasteiger charge is 2.16. The van der Waals surface area contributed by atoms with Gasteiger partial charge in [0.1, 0.15) is 6.61 Å². The number of aliphatic carboxylic acids is 1. The monoisotopic (exact) mass is 338 g/mol. The first kappa shape index (κ1) is 19.4. The van der Waals surface area contributed by atoms with Gasteiger partial charge in [-0.1, -0.05) is 26.0 Å². The van der Waals surface area contributed by atoms with E-state index in [2.05, 4.69) is 10.2 Å². The Bertz CT molecular complexity index is 588. The van der Waals surface area contributed by atoms with Gasteiger partial charge < -0.3 is 15.3 Å². The molecule has 1 atom stereocenters. The van der Waals surface area contributed by atoms with Crippen LogP contribution in [0.2, 0.25) is 0 Å². The molecule has 132 valence electrons. The zero-order valence-corrected chi connectivity index (χ0v) is 13.7. The van der Waals surface area contributed by atoms with Gasteiger partial charge in [0.2, 0.25) is 0 Å². The molecule has 1 aromatic rings. The lowest BCUT2D eigenvalue weighted by molar-refractivity contribution is -0.763. The Morgan fingerprint density at radius 2 is 2.08 bits per heavy atom. The second-order valence-corrected chi connectivity index (χ2v) is 6.00. The average molecular weight is 338 g/mol. The van der Waals surface area contributed by atoms with Crippen LogP contribution in [0.15, 0.2) is 24.3 Å². The van der Waals surface area contributed by atoms with Gasteiger partial charge in [-0.2, -0.15) is 0 Å². The molecule has 24 heavy (non-hydrogen) atoms. The maximum Gasteiger partial charge on any atom is 0.303 e. The molecule has 2 N–H and O–H groups in total. The van der Waals surface area contributed by atoms with Crippen LogP contribution in [-0.2, 0) is 16.2 Å². The van der Waals surface area contributed by atoms with Crippen molar-refractivity contribution in [2.24, 2.45) is 11.8 Å². The molecule has 1 aromatic carbocycles. The van der Waals surface area contributed by atoms with Gasteiger partial charge in [-0.25, -0.2) is 0 Å². The highest BCUT2D eigenvalue weighted by atomic mass is 16.9. The van der Waals surface area contributed by atoms with E-state index >= 15 is 0 Å². The maximum absolute atomic E-state index is 12.2. The molecule has 0 fully saturated rings. The van der Waals surface area contributed by atoms with E-state index < -0.39 is 11.1 Å². The molecular formula is C16H22N2O6. The minimum Gasteiger partial charge on any atom is -0.481 e. The number of rotatable bonds is 10. The quantitative estimate of drug-likeness (QED) is 0.499. The summed E-state index contributed by atoms with van der Waals surface area (Å²) in [6.07, 6.45) is 0.693. The molecule has 0 aromatic heterocycles. The lowest BCUT2D eigenvalue weighted by atomic mass is 9.94. The predicted octanol–water partition coefficient (Wildman–Crippen LogP) is 2.26. The van der Waals surface area contributed by atoms with Gasteiger partial charge in [-0.15, -0.1) is 10.1 Å². The second kappa shape index (κ2) is 9.49. The number of carbonyl (C=O) groups is 2. The van der Waals surface area contributed by atoms with Crippen molar-refractivity contribution in [3.63, 3.8) is 0 Å². The van der Waals surface area contributed by atoms with Crippen molar-refractivity contribution in [1.29, 1.82) is 0 Å². The van der Waals surface area contributed by atoms with E-state index in [1.54, 1.807) is 18.2 Å². The normalized spacial score (nSPS) is 11.8. The molecule has 0 aliphatic carbocycles.